The number of carbonyl (C=O) groups is 3. The fourth-order valence-corrected chi connectivity index (χ4v) is 5.85. The molecule has 11 heteroatoms. The number of likely N-dealkylation sites (tertiary alicyclic amines) is 1. The first-order valence-electron chi connectivity index (χ1n) is 14.3. The van der Waals surface area contributed by atoms with Crippen molar-refractivity contribution in [3.8, 4) is 17.2 Å². The number of hydrogen-bond acceptors (Lipinski definition) is 7. The third-order valence-corrected chi connectivity index (χ3v) is 7.96. The van der Waals surface area contributed by atoms with Gasteiger partial charge in [-0.25, -0.2) is 9.59 Å². The number of aromatic hydroxyl groups is 1. The Hall–Kier alpha value is -4.77. The maximum atomic E-state index is 13.9. The van der Waals surface area contributed by atoms with E-state index >= 15 is 0 Å². The minimum atomic E-state index is -0.939. The van der Waals surface area contributed by atoms with Crippen molar-refractivity contribution >= 4 is 23.6 Å². The van der Waals surface area contributed by atoms with E-state index in [2.05, 4.69) is 12.4 Å². The number of phenolic OH excluding ortho intramolecular Hbond substituents is 1. The molecular weight excluding hydrogens is 552 g/mol. The summed E-state index contributed by atoms with van der Waals surface area (Å²) in [6.07, 6.45) is 0.850. The second-order valence-corrected chi connectivity index (χ2v) is 11.2. The first kappa shape index (κ1) is 29.7. The molecule has 2 aliphatic rings. The smallest absolute Gasteiger partial charge is 0.338 e. The van der Waals surface area contributed by atoms with Crippen LogP contribution < -0.4 is 20.5 Å². The Morgan fingerprint density at radius 1 is 1.05 bits per heavy atom. The van der Waals surface area contributed by atoms with Gasteiger partial charge in [-0.1, -0.05) is 12.1 Å². The topological polar surface area (TPSA) is 140 Å². The van der Waals surface area contributed by atoms with Crippen LogP contribution in [0.5, 0.6) is 17.2 Å². The van der Waals surface area contributed by atoms with Crippen molar-refractivity contribution in [3.05, 3.63) is 83.4 Å². The summed E-state index contributed by atoms with van der Waals surface area (Å²) in [5.41, 5.74) is 8.62. The number of nitrogens with one attached hydrogen (secondary N) is 1. The molecule has 0 saturated carbocycles. The van der Waals surface area contributed by atoms with E-state index < -0.39 is 23.9 Å². The van der Waals surface area contributed by atoms with Gasteiger partial charge in [0.05, 0.1) is 38.3 Å². The third-order valence-electron chi connectivity index (χ3n) is 7.96. The molecule has 43 heavy (non-hydrogen) atoms. The predicted octanol–water partition coefficient (Wildman–Crippen LogP) is 3.65. The predicted molar refractivity (Wildman–Crippen MR) is 159 cm³/mol. The molecule has 2 unspecified atom stereocenters. The fraction of sp³-hybridized carbons (Fsp3) is 0.344. The highest BCUT2D eigenvalue weighted by molar-refractivity contribution is 5.95. The van der Waals surface area contributed by atoms with Gasteiger partial charge in [-0.3, -0.25) is 4.79 Å². The van der Waals surface area contributed by atoms with Crippen molar-refractivity contribution in [1.82, 2.24) is 4.90 Å². The fourth-order valence-electron chi connectivity index (χ4n) is 5.85. The Kier molecular flexibility index (Phi) is 8.72. The van der Waals surface area contributed by atoms with E-state index in [1.54, 1.807) is 48.2 Å². The molecule has 5 rings (SSSR count). The van der Waals surface area contributed by atoms with Crippen LogP contribution in [-0.4, -0.2) is 78.0 Å². The average molecular weight is 590 g/mol. The quantitative estimate of drug-likeness (QED) is 0.242. The number of phenols is 1. The van der Waals surface area contributed by atoms with Crippen LogP contribution >= 0.6 is 0 Å². The number of quaternary nitrogens is 1. The van der Waals surface area contributed by atoms with E-state index in [-0.39, 0.29) is 31.6 Å². The van der Waals surface area contributed by atoms with Crippen LogP contribution in [-0.2, 0) is 22.5 Å². The van der Waals surface area contributed by atoms with Crippen molar-refractivity contribution in [2.24, 2.45) is 5.73 Å². The second-order valence-electron chi connectivity index (χ2n) is 11.2. The summed E-state index contributed by atoms with van der Waals surface area (Å²) < 4.78 is 16.7. The summed E-state index contributed by atoms with van der Waals surface area (Å²) in [5, 5.41) is 12.6. The van der Waals surface area contributed by atoms with Crippen LogP contribution in [0.2, 0.25) is 0 Å². The molecule has 3 aromatic rings. The molecule has 3 aromatic carbocycles. The van der Waals surface area contributed by atoms with Crippen molar-refractivity contribution in [3.63, 3.8) is 0 Å². The zero-order valence-corrected chi connectivity index (χ0v) is 24.3. The number of urea groups is 1. The number of carbonyl (C=O) groups excluding carboxylic acids is 3. The molecule has 3 atom stereocenters. The standard InChI is InChI=1S/C32H36N4O7/c1-3-41-31(39)23-7-9-24(10-8-23)34-32(40)35(27(30(33)38)16-21-4-11-26(37)12-5-21)25-14-15-36(2,19-25)18-22-6-13-28-29(17-22)43-20-42-28/h4-13,17,25,27H,3,14-16,18-20H2,1-2H3,(H3-,33,34,37,38,39,40)/p+1/t25?,27-,36?/m0/s1. The summed E-state index contributed by atoms with van der Waals surface area (Å²) in [4.78, 5) is 40.5. The van der Waals surface area contributed by atoms with Gasteiger partial charge in [-0.2, -0.15) is 0 Å². The van der Waals surface area contributed by atoms with Crippen LogP contribution in [0.1, 0.15) is 34.8 Å². The maximum Gasteiger partial charge on any atom is 0.338 e. The molecule has 0 aromatic heterocycles. The number of nitrogens with zero attached hydrogens (tertiary/aromatic N) is 2. The van der Waals surface area contributed by atoms with Crippen LogP contribution in [0.3, 0.4) is 0 Å². The monoisotopic (exact) mass is 589 g/mol. The van der Waals surface area contributed by atoms with Crippen molar-refractivity contribution in [2.45, 2.75) is 38.4 Å². The number of benzene rings is 3. The first-order chi connectivity index (χ1) is 20.6. The van der Waals surface area contributed by atoms with Crippen LogP contribution in [0.4, 0.5) is 10.5 Å². The number of rotatable bonds is 10. The molecule has 226 valence electrons. The van der Waals surface area contributed by atoms with Gasteiger partial charge in [0.25, 0.3) is 0 Å². The molecular formula is C32H37N4O7+. The Labute approximate surface area is 250 Å². The lowest BCUT2D eigenvalue weighted by Crippen LogP contribution is -2.56. The van der Waals surface area contributed by atoms with Crippen molar-refractivity contribution in [2.75, 3.05) is 38.9 Å². The van der Waals surface area contributed by atoms with Crippen LogP contribution in [0.25, 0.3) is 0 Å². The van der Waals surface area contributed by atoms with E-state index in [9.17, 15) is 19.5 Å². The number of ether oxygens (including phenoxy) is 3. The van der Waals surface area contributed by atoms with E-state index in [4.69, 9.17) is 19.9 Å². The molecule has 11 nitrogen and oxygen atoms in total. The lowest BCUT2D eigenvalue weighted by atomic mass is 10.0. The minimum absolute atomic E-state index is 0.104. The van der Waals surface area contributed by atoms with Crippen LogP contribution in [0.15, 0.2) is 66.7 Å². The van der Waals surface area contributed by atoms with Gasteiger partial charge >= 0.3 is 12.0 Å². The number of esters is 1. The third kappa shape index (κ3) is 7.00. The zero-order chi connectivity index (χ0) is 30.6. The molecule has 0 radical (unpaired) electrons. The van der Waals surface area contributed by atoms with Gasteiger partial charge < -0.3 is 39.8 Å². The first-order valence-corrected chi connectivity index (χ1v) is 14.3. The summed E-state index contributed by atoms with van der Waals surface area (Å²) in [6.45, 7) is 4.28. The number of primary amides is 1. The largest absolute Gasteiger partial charge is 0.508 e. The highest BCUT2D eigenvalue weighted by atomic mass is 16.7. The SMILES string of the molecule is CCOC(=O)c1ccc(NC(=O)N(C2CC[N+](C)(Cc3ccc4c(c3)OCO4)C2)[C@@H](Cc2ccc(O)cc2)C(N)=O)cc1. The van der Waals surface area contributed by atoms with Gasteiger partial charge in [0.1, 0.15) is 18.3 Å². The number of hydrogen-bond donors (Lipinski definition) is 3. The van der Waals surface area contributed by atoms with Gasteiger partial charge in [0.15, 0.2) is 11.5 Å². The molecule has 0 spiro atoms. The van der Waals surface area contributed by atoms with Gasteiger partial charge in [0, 0.05) is 24.1 Å². The summed E-state index contributed by atoms with van der Waals surface area (Å²) in [7, 11) is 2.13. The molecule has 1 fully saturated rings. The molecule has 0 bridgehead atoms. The van der Waals surface area contributed by atoms with Crippen molar-refractivity contribution in [1.29, 1.82) is 0 Å². The molecule has 3 amide bonds. The Bertz CT molecular complexity index is 1480. The Morgan fingerprint density at radius 2 is 1.74 bits per heavy atom. The summed E-state index contributed by atoms with van der Waals surface area (Å²) in [6, 6.07) is 17.1. The van der Waals surface area contributed by atoms with Gasteiger partial charge in [-0.15, -0.1) is 0 Å². The molecule has 2 heterocycles. The van der Waals surface area contributed by atoms with Crippen molar-refractivity contribution < 1.29 is 38.2 Å². The van der Waals surface area contributed by atoms with E-state index in [0.717, 1.165) is 29.2 Å². The molecule has 1 saturated heterocycles. The number of fused-ring (bicyclic) bond motifs is 1. The summed E-state index contributed by atoms with van der Waals surface area (Å²) >= 11 is 0. The van der Waals surface area contributed by atoms with E-state index in [0.29, 0.717) is 35.2 Å². The average Bonchev–Trinajstić information content (AvgIpc) is 3.60. The number of anilines is 1. The van der Waals surface area contributed by atoms with Gasteiger partial charge in [0.2, 0.25) is 12.7 Å². The number of nitrogens with two attached hydrogens (primary N) is 1. The Morgan fingerprint density at radius 3 is 2.44 bits per heavy atom. The minimum Gasteiger partial charge on any atom is -0.508 e. The Balaban J connectivity index is 1.38. The molecule has 4 N–H and O–H groups in total. The summed E-state index contributed by atoms with van der Waals surface area (Å²) in [5.74, 6) is 0.473. The van der Waals surface area contributed by atoms with E-state index in [1.807, 2.05) is 18.2 Å². The lowest BCUT2D eigenvalue weighted by molar-refractivity contribution is -0.911. The number of amides is 3. The van der Waals surface area contributed by atoms with Crippen LogP contribution in [0, 0.1) is 0 Å². The van der Waals surface area contributed by atoms with Gasteiger partial charge in [-0.05, 0) is 67.1 Å². The molecule has 2 aliphatic heterocycles. The maximum absolute atomic E-state index is 13.9. The lowest BCUT2D eigenvalue weighted by Gasteiger charge is -2.36. The van der Waals surface area contributed by atoms with E-state index in [1.165, 1.54) is 12.1 Å². The zero-order valence-electron chi connectivity index (χ0n) is 24.3. The molecule has 0 aliphatic carbocycles. The highest BCUT2D eigenvalue weighted by Crippen LogP contribution is 2.34. The normalized spacial score (nSPS) is 19.4. The second kappa shape index (κ2) is 12.6. The highest BCUT2D eigenvalue weighted by Gasteiger charge is 2.44. The number of likely N-dealkylation sites (N-methyl/N-ethyl adjacent to an activating group) is 1.